The topological polar surface area (TPSA) is 86.9 Å². The van der Waals surface area contributed by atoms with Crippen molar-refractivity contribution in [1.29, 1.82) is 0 Å². The van der Waals surface area contributed by atoms with Crippen molar-refractivity contribution >= 4 is 5.91 Å². The summed E-state index contributed by atoms with van der Waals surface area (Å²) in [4.78, 5) is 15.0. The van der Waals surface area contributed by atoms with E-state index < -0.39 is 0 Å². The van der Waals surface area contributed by atoms with Crippen LogP contribution in [0.1, 0.15) is 47.4 Å². The number of benzene rings is 1. The molecule has 1 fully saturated rings. The van der Waals surface area contributed by atoms with E-state index in [9.17, 15) is 4.79 Å². The molecule has 7 heteroatoms. The smallest absolute Gasteiger partial charge is 0.271 e. The summed E-state index contributed by atoms with van der Waals surface area (Å²) in [5.41, 5.74) is 4.47. The van der Waals surface area contributed by atoms with Crippen LogP contribution in [-0.2, 0) is 6.42 Å². The molecule has 1 aliphatic heterocycles. The Morgan fingerprint density at radius 2 is 2.18 bits per heavy atom. The molecular formula is C21H25N5O2. The molecular weight excluding hydrogens is 354 g/mol. The van der Waals surface area contributed by atoms with E-state index in [-0.39, 0.29) is 5.91 Å². The van der Waals surface area contributed by atoms with Gasteiger partial charge in [0, 0.05) is 30.3 Å². The van der Waals surface area contributed by atoms with Crippen LogP contribution in [0, 0.1) is 0 Å². The number of piperidine rings is 1. The molecule has 3 heterocycles. The fourth-order valence-corrected chi connectivity index (χ4v) is 3.95. The second kappa shape index (κ2) is 7.88. The molecule has 2 N–H and O–H groups in total. The maximum absolute atomic E-state index is 13.1. The SMILES string of the molecule is CCc1cn[nH]c1[C@@H]1CCCN(C(=O)c2cc(-c3ccccc3OC)n[nH]2)C1. The number of aromatic amines is 2. The molecule has 0 saturated carbocycles. The number of nitrogens with zero attached hydrogens (tertiary/aromatic N) is 3. The third-order valence-corrected chi connectivity index (χ3v) is 5.44. The molecule has 7 nitrogen and oxygen atoms in total. The van der Waals surface area contributed by atoms with Gasteiger partial charge in [-0.3, -0.25) is 15.0 Å². The lowest BCUT2D eigenvalue weighted by molar-refractivity contribution is 0.0699. The average molecular weight is 379 g/mol. The number of para-hydroxylation sites is 1. The first-order valence-electron chi connectivity index (χ1n) is 9.71. The van der Waals surface area contributed by atoms with Crippen LogP contribution in [0.5, 0.6) is 5.75 Å². The Morgan fingerprint density at radius 1 is 1.32 bits per heavy atom. The van der Waals surface area contributed by atoms with Crippen LogP contribution in [0.25, 0.3) is 11.3 Å². The quantitative estimate of drug-likeness (QED) is 0.711. The van der Waals surface area contributed by atoms with Crippen molar-refractivity contribution in [2.45, 2.75) is 32.1 Å². The molecule has 1 amide bonds. The third kappa shape index (κ3) is 3.40. The summed E-state index contributed by atoms with van der Waals surface area (Å²) in [6.07, 6.45) is 4.88. The predicted octanol–water partition coefficient (Wildman–Crippen LogP) is 3.39. The van der Waals surface area contributed by atoms with Gasteiger partial charge in [-0.15, -0.1) is 0 Å². The highest BCUT2D eigenvalue weighted by atomic mass is 16.5. The van der Waals surface area contributed by atoms with Crippen molar-refractivity contribution in [2.24, 2.45) is 0 Å². The summed E-state index contributed by atoms with van der Waals surface area (Å²) >= 11 is 0. The Labute approximate surface area is 164 Å². The molecule has 1 saturated heterocycles. The van der Waals surface area contributed by atoms with Crippen molar-refractivity contribution in [3.63, 3.8) is 0 Å². The highest BCUT2D eigenvalue weighted by molar-refractivity contribution is 5.93. The number of ether oxygens (including phenoxy) is 1. The minimum absolute atomic E-state index is 0.0177. The predicted molar refractivity (Wildman–Crippen MR) is 106 cm³/mol. The second-order valence-electron chi connectivity index (χ2n) is 7.12. The molecule has 0 radical (unpaired) electrons. The van der Waals surface area contributed by atoms with Gasteiger partial charge in [0.2, 0.25) is 0 Å². The number of carbonyl (C=O) groups is 1. The highest BCUT2D eigenvalue weighted by Crippen LogP contribution is 2.31. The molecule has 4 rings (SSSR count). The van der Waals surface area contributed by atoms with Gasteiger partial charge in [0.05, 0.1) is 19.0 Å². The van der Waals surface area contributed by atoms with Gasteiger partial charge in [-0.05, 0) is 43.0 Å². The van der Waals surface area contributed by atoms with E-state index in [1.165, 1.54) is 11.3 Å². The number of aromatic nitrogens is 4. The number of amides is 1. The van der Waals surface area contributed by atoms with E-state index in [1.54, 1.807) is 13.2 Å². The van der Waals surface area contributed by atoms with Crippen molar-refractivity contribution in [3.05, 3.63) is 53.5 Å². The number of carbonyl (C=O) groups excluding carboxylic acids is 1. The molecule has 0 aliphatic carbocycles. The van der Waals surface area contributed by atoms with Gasteiger partial charge in [0.1, 0.15) is 11.4 Å². The summed E-state index contributed by atoms with van der Waals surface area (Å²) in [6.45, 7) is 3.58. The lowest BCUT2D eigenvalue weighted by Crippen LogP contribution is -2.39. The van der Waals surface area contributed by atoms with E-state index in [2.05, 4.69) is 27.3 Å². The van der Waals surface area contributed by atoms with Gasteiger partial charge < -0.3 is 9.64 Å². The van der Waals surface area contributed by atoms with Gasteiger partial charge in [0.25, 0.3) is 5.91 Å². The Kier molecular flexibility index (Phi) is 5.14. The van der Waals surface area contributed by atoms with Gasteiger partial charge in [-0.25, -0.2) is 0 Å². The molecule has 2 aromatic heterocycles. The third-order valence-electron chi connectivity index (χ3n) is 5.44. The largest absolute Gasteiger partial charge is 0.496 e. The number of likely N-dealkylation sites (tertiary alicyclic amines) is 1. The minimum atomic E-state index is -0.0177. The summed E-state index contributed by atoms with van der Waals surface area (Å²) in [5.74, 6) is 1.01. The summed E-state index contributed by atoms with van der Waals surface area (Å²) < 4.78 is 5.40. The summed E-state index contributed by atoms with van der Waals surface area (Å²) in [5, 5.41) is 14.6. The first-order chi connectivity index (χ1) is 13.7. The van der Waals surface area contributed by atoms with Crippen molar-refractivity contribution in [3.8, 4) is 17.0 Å². The zero-order chi connectivity index (χ0) is 19.5. The van der Waals surface area contributed by atoms with Crippen LogP contribution < -0.4 is 4.74 Å². The number of methoxy groups -OCH3 is 1. The Hall–Kier alpha value is -3.09. The van der Waals surface area contributed by atoms with Gasteiger partial charge in [0.15, 0.2) is 0 Å². The maximum Gasteiger partial charge on any atom is 0.271 e. The summed E-state index contributed by atoms with van der Waals surface area (Å²) in [7, 11) is 1.63. The average Bonchev–Trinajstić information content (AvgIpc) is 3.43. The van der Waals surface area contributed by atoms with Crippen molar-refractivity contribution in [2.75, 3.05) is 20.2 Å². The van der Waals surface area contributed by atoms with Gasteiger partial charge >= 0.3 is 0 Å². The first-order valence-corrected chi connectivity index (χ1v) is 9.71. The minimum Gasteiger partial charge on any atom is -0.496 e. The molecule has 0 spiro atoms. The van der Waals surface area contributed by atoms with Crippen LogP contribution in [0.2, 0.25) is 0 Å². The Bertz CT molecular complexity index is 961. The molecule has 3 aromatic rings. The van der Waals surface area contributed by atoms with Crippen molar-refractivity contribution in [1.82, 2.24) is 25.3 Å². The fourth-order valence-electron chi connectivity index (χ4n) is 3.95. The fraction of sp³-hybridized carbons (Fsp3) is 0.381. The zero-order valence-electron chi connectivity index (χ0n) is 16.2. The number of hydrogen-bond acceptors (Lipinski definition) is 4. The molecule has 28 heavy (non-hydrogen) atoms. The number of rotatable bonds is 5. The maximum atomic E-state index is 13.1. The van der Waals surface area contributed by atoms with Gasteiger partial charge in [-0.2, -0.15) is 10.2 Å². The lowest BCUT2D eigenvalue weighted by atomic mass is 9.92. The van der Waals surface area contributed by atoms with Crippen LogP contribution in [-0.4, -0.2) is 51.4 Å². The number of nitrogens with one attached hydrogen (secondary N) is 2. The van der Waals surface area contributed by atoms with E-state index in [0.717, 1.165) is 37.1 Å². The Morgan fingerprint density at radius 3 is 3.00 bits per heavy atom. The van der Waals surface area contributed by atoms with Crippen LogP contribution >= 0.6 is 0 Å². The molecule has 0 bridgehead atoms. The molecule has 1 aromatic carbocycles. The van der Waals surface area contributed by atoms with E-state index in [0.29, 0.717) is 23.9 Å². The zero-order valence-corrected chi connectivity index (χ0v) is 16.2. The number of hydrogen-bond donors (Lipinski definition) is 2. The van der Waals surface area contributed by atoms with Crippen molar-refractivity contribution < 1.29 is 9.53 Å². The number of aryl methyl sites for hydroxylation is 1. The van der Waals surface area contributed by atoms with E-state index in [4.69, 9.17) is 4.74 Å². The normalized spacial score (nSPS) is 16.9. The molecule has 1 atom stereocenters. The number of H-pyrrole nitrogens is 2. The molecule has 146 valence electrons. The first kappa shape index (κ1) is 18.3. The Balaban J connectivity index is 1.52. The van der Waals surface area contributed by atoms with Crippen LogP contribution in [0.4, 0.5) is 0 Å². The van der Waals surface area contributed by atoms with Gasteiger partial charge in [-0.1, -0.05) is 19.1 Å². The second-order valence-corrected chi connectivity index (χ2v) is 7.12. The lowest BCUT2D eigenvalue weighted by Gasteiger charge is -2.32. The molecule has 0 unspecified atom stereocenters. The standard InChI is InChI=1S/C21H25N5O2/c1-3-14-12-22-25-20(14)15-7-6-10-26(13-15)21(27)18-11-17(23-24-18)16-8-4-5-9-19(16)28-2/h4-5,8-9,11-12,15H,3,6-7,10,13H2,1-2H3,(H,22,25)(H,23,24)/t15-/m1/s1. The monoisotopic (exact) mass is 379 g/mol. The molecule has 1 aliphatic rings. The summed E-state index contributed by atoms with van der Waals surface area (Å²) in [6, 6.07) is 9.46. The van der Waals surface area contributed by atoms with Crippen LogP contribution in [0.3, 0.4) is 0 Å². The van der Waals surface area contributed by atoms with Crippen LogP contribution in [0.15, 0.2) is 36.5 Å². The highest BCUT2D eigenvalue weighted by Gasteiger charge is 2.28. The van der Waals surface area contributed by atoms with E-state index >= 15 is 0 Å². The van der Waals surface area contributed by atoms with E-state index in [1.807, 2.05) is 35.4 Å².